The van der Waals surface area contributed by atoms with Crippen LogP contribution in [0.3, 0.4) is 0 Å². The number of nitrogens with zero attached hydrogens (tertiary/aromatic N) is 2. The maximum atomic E-state index is 12.9. The summed E-state index contributed by atoms with van der Waals surface area (Å²) >= 11 is 6.02. The number of carbonyl (C=O) groups excluding carboxylic acids is 1. The Kier molecular flexibility index (Phi) is 6.45. The average molecular weight is 425 g/mol. The van der Waals surface area contributed by atoms with Crippen molar-refractivity contribution < 1.29 is 9.53 Å². The minimum Gasteiger partial charge on any atom is -0.465 e. The van der Waals surface area contributed by atoms with E-state index in [0.717, 1.165) is 49.6 Å². The first-order valence-electron chi connectivity index (χ1n) is 10.8. The first kappa shape index (κ1) is 21.0. The van der Waals surface area contributed by atoms with Gasteiger partial charge in [-0.15, -0.1) is 0 Å². The Morgan fingerprint density at radius 3 is 2.37 bits per heavy atom. The number of halogens is 1. The third-order valence-corrected chi connectivity index (χ3v) is 6.59. The Morgan fingerprint density at radius 1 is 1.07 bits per heavy atom. The van der Waals surface area contributed by atoms with E-state index in [2.05, 4.69) is 34.1 Å². The molecule has 0 aromatic heterocycles. The molecule has 4 nitrogen and oxygen atoms in total. The zero-order valence-corrected chi connectivity index (χ0v) is 18.2. The Hall–Kier alpha value is -2.30. The fourth-order valence-corrected chi connectivity index (χ4v) is 4.75. The first-order chi connectivity index (χ1) is 14.6. The molecule has 2 aromatic carbocycles. The number of rotatable bonds is 5. The molecule has 1 fully saturated rings. The molecule has 4 rings (SSSR count). The van der Waals surface area contributed by atoms with Crippen LogP contribution in [0.2, 0.25) is 5.02 Å². The molecule has 158 valence electrons. The zero-order chi connectivity index (χ0) is 21.0. The summed E-state index contributed by atoms with van der Waals surface area (Å²) in [5.41, 5.74) is 1.58. The third-order valence-electron chi connectivity index (χ3n) is 6.34. The molecule has 0 saturated carbocycles. The van der Waals surface area contributed by atoms with Gasteiger partial charge in [-0.25, -0.2) is 0 Å². The molecule has 1 aliphatic carbocycles. The highest BCUT2D eigenvalue weighted by Gasteiger charge is 2.42. The lowest BCUT2D eigenvalue weighted by Crippen LogP contribution is -2.51. The summed E-state index contributed by atoms with van der Waals surface area (Å²) in [6, 6.07) is 18.5. The van der Waals surface area contributed by atoms with Gasteiger partial charge in [0.05, 0.1) is 6.61 Å². The van der Waals surface area contributed by atoms with Crippen LogP contribution >= 0.6 is 11.6 Å². The summed E-state index contributed by atoms with van der Waals surface area (Å²) in [6.07, 6.45) is 6.05. The molecule has 1 aliphatic heterocycles. The van der Waals surface area contributed by atoms with Crippen molar-refractivity contribution in [1.82, 2.24) is 4.90 Å². The van der Waals surface area contributed by atoms with Gasteiger partial charge < -0.3 is 9.64 Å². The molecule has 2 unspecified atom stereocenters. The van der Waals surface area contributed by atoms with Crippen molar-refractivity contribution in [3.8, 4) is 0 Å². The zero-order valence-electron chi connectivity index (χ0n) is 17.5. The second kappa shape index (κ2) is 9.23. The van der Waals surface area contributed by atoms with E-state index in [1.165, 1.54) is 5.69 Å². The SMILES string of the molecule is CCOC(=O)C1(c2ccccc2)C=CC(N2CCN(c3ccc(Cl)cc3)CC2)CC1. The van der Waals surface area contributed by atoms with E-state index >= 15 is 0 Å². The first-order valence-corrected chi connectivity index (χ1v) is 11.2. The van der Waals surface area contributed by atoms with Crippen LogP contribution in [-0.2, 0) is 14.9 Å². The smallest absolute Gasteiger partial charge is 0.320 e. The van der Waals surface area contributed by atoms with Crippen LogP contribution in [0, 0.1) is 0 Å². The largest absolute Gasteiger partial charge is 0.465 e. The molecule has 0 bridgehead atoms. The van der Waals surface area contributed by atoms with E-state index in [9.17, 15) is 4.79 Å². The number of piperazine rings is 1. The molecule has 0 spiro atoms. The normalized spacial score (nSPS) is 24.6. The van der Waals surface area contributed by atoms with Gasteiger partial charge in [0.2, 0.25) is 0 Å². The van der Waals surface area contributed by atoms with Crippen LogP contribution in [0.1, 0.15) is 25.3 Å². The van der Waals surface area contributed by atoms with Gasteiger partial charge in [-0.2, -0.15) is 0 Å². The molecule has 5 heteroatoms. The van der Waals surface area contributed by atoms with Gasteiger partial charge in [-0.3, -0.25) is 9.69 Å². The number of esters is 1. The fourth-order valence-electron chi connectivity index (χ4n) is 4.62. The summed E-state index contributed by atoms with van der Waals surface area (Å²) in [5, 5.41) is 0.772. The molecule has 0 amide bonds. The molecule has 1 heterocycles. The molecule has 2 aromatic rings. The highest BCUT2D eigenvalue weighted by atomic mass is 35.5. The Balaban J connectivity index is 1.45. The van der Waals surface area contributed by atoms with Crippen molar-refractivity contribution in [1.29, 1.82) is 0 Å². The number of hydrogen-bond acceptors (Lipinski definition) is 4. The predicted octanol–water partition coefficient (Wildman–Crippen LogP) is 4.68. The fraction of sp³-hybridized carbons (Fsp3) is 0.400. The highest BCUT2D eigenvalue weighted by molar-refractivity contribution is 6.30. The quantitative estimate of drug-likeness (QED) is 0.515. The van der Waals surface area contributed by atoms with E-state index in [1.807, 2.05) is 49.4 Å². The van der Waals surface area contributed by atoms with Gasteiger partial charge >= 0.3 is 5.97 Å². The monoisotopic (exact) mass is 424 g/mol. The van der Waals surface area contributed by atoms with Crippen molar-refractivity contribution in [2.75, 3.05) is 37.7 Å². The van der Waals surface area contributed by atoms with Crippen molar-refractivity contribution in [3.63, 3.8) is 0 Å². The summed E-state index contributed by atoms with van der Waals surface area (Å²) in [7, 11) is 0. The van der Waals surface area contributed by atoms with E-state index in [4.69, 9.17) is 16.3 Å². The number of benzene rings is 2. The van der Waals surface area contributed by atoms with Gasteiger partial charge in [-0.05, 0) is 49.6 Å². The van der Waals surface area contributed by atoms with E-state index < -0.39 is 5.41 Å². The standard InChI is InChI=1S/C25H29ClN2O2/c1-2-30-24(29)25(20-6-4-3-5-7-20)14-12-23(13-15-25)28-18-16-27(17-19-28)22-10-8-21(26)9-11-22/h3-12,14,23H,2,13,15-19H2,1H3. The van der Waals surface area contributed by atoms with Crippen LogP contribution in [0.25, 0.3) is 0 Å². The molecule has 1 saturated heterocycles. The molecule has 30 heavy (non-hydrogen) atoms. The molecule has 2 aliphatic rings. The number of carbonyl (C=O) groups is 1. The summed E-state index contributed by atoms with van der Waals surface area (Å²) in [4.78, 5) is 17.9. The summed E-state index contributed by atoms with van der Waals surface area (Å²) in [6.45, 7) is 6.27. The lowest BCUT2D eigenvalue weighted by atomic mass is 9.72. The van der Waals surface area contributed by atoms with Gasteiger partial charge in [-0.1, -0.05) is 54.1 Å². The van der Waals surface area contributed by atoms with Crippen LogP contribution in [-0.4, -0.2) is 49.7 Å². The Bertz CT molecular complexity index is 876. The van der Waals surface area contributed by atoms with Crippen LogP contribution in [0.4, 0.5) is 5.69 Å². The lowest BCUT2D eigenvalue weighted by molar-refractivity contribution is -0.148. The summed E-state index contributed by atoms with van der Waals surface area (Å²) < 4.78 is 5.47. The van der Waals surface area contributed by atoms with Crippen molar-refractivity contribution in [2.24, 2.45) is 0 Å². The van der Waals surface area contributed by atoms with Crippen LogP contribution in [0.5, 0.6) is 0 Å². The molecular formula is C25H29ClN2O2. The Morgan fingerprint density at radius 2 is 1.77 bits per heavy atom. The molecule has 2 atom stereocenters. The van der Waals surface area contributed by atoms with Crippen molar-refractivity contribution in [3.05, 3.63) is 77.3 Å². The maximum absolute atomic E-state index is 12.9. The molecule has 0 N–H and O–H groups in total. The predicted molar refractivity (Wildman–Crippen MR) is 122 cm³/mol. The second-order valence-corrected chi connectivity index (χ2v) is 8.46. The van der Waals surface area contributed by atoms with E-state index in [0.29, 0.717) is 12.6 Å². The average Bonchev–Trinajstić information content (AvgIpc) is 2.80. The van der Waals surface area contributed by atoms with Crippen molar-refractivity contribution >= 4 is 23.3 Å². The summed E-state index contributed by atoms with van der Waals surface area (Å²) in [5.74, 6) is -0.140. The van der Waals surface area contributed by atoms with Crippen molar-refractivity contribution in [2.45, 2.75) is 31.2 Å². The molecular weight excluding hydrogens is 396 g/mol. The van der Waals surface area contributed by atoms with Gasteiger partial charge in [0.15, 0.2) is 0 Å². The minimum atomic E-state index is -0.668. The number of hydrogen-bond donors (Lipinski definition) is 0. The van der Waals surface area contributed by atoms with E-state index in [1.54, 1.807) is 0 Å². The third kappa shape index (κ3) is 4.26. The van der Waals surface area contributed by atoms with Crippen LogP contribution in [0.15, 0.2) is 66.7 Å². The van der Waals surface area contributed by atoms with Gasteiger partial charge in [0, 0.05) is 42.9 Å². The highest BCUT2D eigenvalue weighted by Crippen LogP contribution is 2.38. The number of anilines is 1. The molecule has 0 radical (unpaired) electrons. The maximum Gasteiger partial charge on any atom is 0.320 e. The van der Waals surface area contributed by atoms with Crippen LogP contribution < -0.4 is 4.90 Å². The van der Waals surface area contributed by atoms with Gasteiger partial charge in [0.25, 0.3) is 0 Å². The van der Waals surface area contributed by atoms with Gasteiger partial charge in [0.1, 0.15) is 5.41 Å². The lowest BCUT2D eigenvalue weighted by Gasteiger charge is -2.42. The van der Waals surface area contributed by atoms with E-state index in [-0.39, 0.29) is 5.97 Å². The number of ether oxygens (including phenoxy) is 1. The topological polar surface area (TPSA) is 32.8 Å². The second-order valence-electron chi connectivity index (χ2n) is 8.02. The Labute approximate surface area is 184 Å². The minimum absolute atomic E-state index is 0.140.